The Hall–Kier alpha value is -2.38. The lowest BCUT2D eigenvalue weighted by Crippen LogP contribution is -2.30. The summed E-state index contributed by atoms with van der Waals surface area (Å²) >= 11 is 0. The molecule has 0 atom stereocenters. The molecule has 6 nitrogen and oxygen atoms in total. The van der Waals surface area contributed by atoms with Crippen molar-refractivity contribution < 1.29 is 17.9 Å². The summed E-state index contributed by atoms with van der Waals surface area (Å²) in [5, 5.41) is 2.76. The maximum absolute atomic E-state index is 12.4. The zero-order chi connectivity index (χ0) is 19.9. The van der Waals surface area contributed by atoms with Crippen LogP contribution in [0.25, 0.3) is 0 Å². The molecule has 1 amide bonds. The summed E-state index contributed by atoms with van der Waals surface area (Å²) in [5.74, 6) is 0.157. The molecular weight excluding hydrogens is 364 g/mol. The molecule has 0 aliphatic heterocycles. The Morgan fingerprint density at radius 3 is 2.07 bits per heavy atom. The van der Waals surface area contributed by atoms with Gasteiger partial charge < -0.3 is 10.1 Å². The van der Waals surface area contributed by atoms with Crippen LogP contribution in [0.3, 0.4) is 0 Å². The normalized spacial score (nSPS) is 11.4. The smallest absolute Gasteiger partial charge is 0.262 e. The lowest BCUT2D eigenvalue weighted by atomic mass is 10.1. The zero-order valence-corrected chi connectivity index (χ0v) is 16.8. The topological polar surface area (TPSA) is 75.7 Å². The average Bonchev–Trinajstić information content (AvgIpc) is 2.68. The monoisotopic (exact) mass is 390 g/mol. The van der Waals surface area contributed by atoms with Crippen LogP contribution in [0.5, 0.6) is 5.75 Å². The maximum Gasteiger partial charge on any atom is 0.262 e. The molecule has 0 saturated heterocycles. The van der Waals surface area contributed by atoms with Crippen molar-refractivity contribution in [2.75, 3.05) is 25.0 Å². The number of benzene rings is 2. The highest BCUT2D eigenvalue weighted by Crippen LogP contribution is 2.19. The highest BCUT2D eigenvalue weighted by atomic mass is 32.2. The molecule has 0 saturated carbocycles. The first-order chi connectivity index (χ1) is 12.9. The van der Waals surface area contributed by atoms with E-state index in [4.69, 9.17) is 4.74 Å². The van der Waals surface area contributed by atoms with Gasteiger partial charge in [-0.3, -0.25) is 4.79 Å². The van der Waals surface area contributed by atoms with Crippen LogP contribution in [0.1, 0.15) is 26.3 Å². The van der Waals surface area contributed by atoms with Crippen LogP contribution in [0, 0.1) is 0 Å². The number of rotatable bonds is 9. The molecule has 0 aliphatic carbocycles. The van der Waals surface area contributed by atoms with E-state index in [-0.39, 0.29) is 17.4 Å². The van der Waals surface area contributed by atoms with Crippen molar-refractivity contribution >= 4 is 21.6 Å². The van der Waals surface area contributed by atoms with Crippen LogP contribution in [0.15, 0.2) is 53.4 Å². The predicted molar refractivity (Wildman–Crippen MR) is 106 cm³/mol. The fraction of sp³-hybridized carbons (Fsp3) is 0.350. The van der Waals surface area contributed by atoms with E-state index >= 15 is 0 Å². The summed E-state index contributed by atoms with van der Waals surface area (Å²) in [6, 6.07) is 13.7. The van der Waals surface area contributed by atoms with Gasteiger partial charge in [0.25, 0.3) is 5.91 Å². The van der Waals surface area contributed by atoms with Crippen molar-refractivity contribution in [3.05, 3.63) is 54.1 Å². The average molecular weight is 391 g/mol. The van der Waals surface area contributed by atoms with Crippen molar-refractivity contribution in [1.29, 1.82) is 0 Å². The second-order valence-corrected chi connectivity index (χ2v) is 7.89. The van der Waals surface area contributed by atoms with Crippen molar-refractivity contribution in [2.45, 2.75) is 32.1 Å². The van der Waals surface area contributed by atoms with E-state index in [0.717, 1.165) is 6.42 Å². The molecule has 1 N–H and O–H groups in total. The molecule has 0 radical (unpaired) electrons. The molecule has 0 aromatic heterocycles. The Bertz CT molecular complexity index is 843. The summed E-state index contributed by atoms with van der Waals surface area (Å²) in [5.41, 5.74) is 1.91. The van der Waals surface area contributed by atoms with E-state index in [0.29, 0.717) is 24.5 Å². The fourth-order valence-corrected chi connectivity index (χ4v) is 4.05. The Balaban J connectivity index is 1.93. The second kappa shape index (κ2) is 9.53. The Morgan fingerprint density at radius 2 is 1.56 bits per heavy atom. The predicted octanol–water partition coefficient (Wildman–Crippen LogP) is 3.30. The van der Waals surface area contributed by atoms with Crippen molar-refractivity contribution in [3.8, 4) is 5.75 Å². The molecule has 7 heteroatoms. The first-order valence-corrected chi connectivity index (χ1v) is 10.5. The van der Waals surface area contributed by atoms with E-state index in [1.807, 2.05) is 24.3 Å². The van der Waals surface area contributed by atoms with Gasteiger partial charge in [-0.2, -0.15) is 4.31 Å². The van der Waals surface area contributed by atoms with Crippen molar-refractivity contribution in [2.24, 2.45) is 0 Å². The van der Waals surface area contributed by atoms with E-state index < -0.39 is 10.0 Å². The Kier molecular flexibility index (Phi) is 7.38. The molecular formula is C20H26N2O4S. The molecule has 146 valence electrons. The quantitative estimate of drug-likeness (QED) is 0.713. The standard InChI is InChI=1S/C20H26N2O4S/c1-4-16-7-9-17(10-8-16)21-20(23)15-26-18-11-13-19(14-12-18)27(24,25)22(5-2)6-3/h7-14H,4-6,15H2,1-3H3,(H,21,23). The first-order valence-electron chi connectivity index (χ1n) is 9.02. The molecule has 2 aromatic rings. The summed E-state index contributed by atoms with van der Waals surface area (Å²) in [7, 11) is -3.50. The Morgan fingerprint density at radius 1 is 0.963 bits per heavy atom. The molecule has 0 heterocycles. The molecule has 0 aliphatic rings. The lowest BCUT2D eigenvalue weighted by Gasteiger charge is -2.18. The third-order valence-corrected chi connectivity index (χ3v) is 6.25. The van der Waals surface area contributed by atoms with E-state index in [1.54, 1.807) is 26.0 Å². The van der Waals surface area contributed by atoms with Gasteiger partial charge in [-0.25, -0.2) is 8.42 Å². The van der Waals surface area contributed by atoms with Crippen LogP contribution in [-0.2, 0) is 21.2 Å². The van der Waals surface area contributed by atoms with Gasteiger partial charge in [0.1, 0.15) is 5.75 Å². The molecule has 0 bridgehead atoms. The highest BCUT2D eigenvalue weighted by Gasteiger charge is 2.21. The second-order valence-electron chi connectivity index (χ2n) is 5.95. The van der Waals surface area contributed by atoms with Crippen LogP contribution < -0.4 is 10.1 Å². The summed E-state index contributed by atoms with van der Waals surface area (Å²) in [6.45, 7) is 6.34. The van der Waals surface area contributed by atoms with Crippen LogP contribution >= 0.6 is 0 Å². The summed E-state index contributed by atoms with van der Waals surface area (Å²) < 4.78 is 31.7. The largest absolute Gasteiger partial charge is 0.484 e. The summed E-state index contributed by atoms with van der Waals surface area (Å²) in [6.07, 6.45) is 0.942. The van der Waals surface area contributed by atoms with E-state index in [2.05, 4.69) is 12.2 Å². The van der Waals surface area contributed by atoms with Gasteiger partial charge in [0.2, 0.25) is 10.0 Å². The number of sulfonamides is 1. The van der Waals surface area contributed by atoms with Crippen molar-refractivity contribution in [1.82, 2.24) is 4.31 Å². The number of amides is 1. The third kappa shape index (κ3) is 5.55. The van der Waals surface area contributed by atoms with Gasteiger partial charge in [-0.15, -0.1) is 0 Å². The number of anilines is 1. The van der Waals surface area contributed by atoms with E-state index in [1.165, 1.54) is 22.0 Å². The van der Waals surface area contributed by atoms with Gasteiger partial charge in [-0.05, 0) is 48.4 Å². The van der Waals surface area contributed by atoms with Gasteiger partial charge in [0.15, 0.2) is 6.61 Å². The first kappa shape index (κ1) is 20.9. The molecule has 0 unspecified atom stereocenters. The summed E-state index contributed by atoms with van der Waals surface area (Å²) in [4.78, 5) is 12.2. The molecule has 27 heavy (non-hydrogen) atoms. The Labute approximate surface area is 161 Å². The number of carbonyl (C=O) groups is 1. The molecule has 2 rings (SSSR count). The molecule has 0 fully saturated rings. The van der Waals surface area contributed by atoms with Crippen LogP contribution in [0.4, 0.5) is 5.69 Å². The minimum atomic E-state index is -3.50. The molecule has 2 aromatic carbocycles. The minimum absolute atomic E-state index is 0.155. The number of ether oxygens (including phenoxy) is 1. The zero-order valence-electron chi connectivity index (χ0n) is 15.9. The number of nitrogens with zero attached hydrogens (tertiary/aromatic N) is 1. The molecule has 0 spiro atoms. The van der Waals surface area contributed by atoms with Gasteiger partial charge in [-0.1, -0.05) is 32.9 Å². The third-order valence-electron chi connectivity index (χ3n) is 4.18. The van der Waals surface area contributed by atoms with Gasteiger partial charge in [0.05, 0.1) is 4.90 Å². The van der Waals surface area contributed by atoms with Gasteiger partial charge in [0, 0.05) is 18.8 Å². The van der Waals surface area contributed by atoms with Crippen LogP contribution in [-0.4, -0.2) is 38.3 Å². The van der Waals surface area contributed by atoms with E-state index in [9.17, 15) is 13.2 Å². The van der Waals surface area contributed by atoms with Gasteiger partial charge >= 0.3 is 0 Å². The maximum atomic E-state index is 12.4. The number of carbonyl (C=O) groups excluding carboxylic acids is 1. The number of hydrogen-bond donors (Lipinski definition) is 1. The number of nitrogens with one attached hydrogen (secondary N) is 1. The SMILES string of the molecule is CCc1ccc(NC(=O)COc2ccc(S(=O)(=O)N(CC)CC)cc2)cc1. The lowest BCUT2D eigenvalue weighted by molar-refractivity contribution is -0.118. The minimum Gasteiger partial charge on any atom is -0.484 e. The van der Waals surface area contributed by atoms with Crippen molar-refractivity contribution in [3.63, 3.8) is 0 Å². The number of hydrogen-bond acceptors (Lipinski definition) is 4. The highest BCUT2D eigenvalue weighted by molar-refractivity contribution is 7.89. The number of aryl methyl sites for hydroxylation is 1. The van der Waals surface area contributed by atoms with Crippen LogP contribution in [0.2, 0.25) is 0 Å². The fourth-order valence-electron chi connectivity index (χ4n) is 2.59.